The maximum absolute atomic E-state index is 12.0. The molecule has 0 spiro atoms. The summed E-state index contributed by atoms with van der Waals surface area (Å²) >= 11 is 0. The Labute approximate surface area is 186 Å². The van der Waals surface area contributed by atoms with Gasteiger partial charge in [0.2, 0.25) is 0 Å². The summed E-state index contributed by atoms with van der Waals surface area (Å²) in [6.45, 7) is 9.24. The molecular weight excluding hydrogens is 402 g/mol. The van der Waals surface area contributed by atoms with Crippen molar-refractivity contribution in [3.8, 4) is 17.6 Å². The molecule has 4 aromatic rings. The van der Waals surface area contributed by atoms with E-state index in [1.807, 2.05) is 50.6 Å². The van der Waals surface area contributed by atoms with Gasteiger partial charge in [0.25, 0.3) is 0 Å². The van der Waals surface area contributed by atoms with Crippen LogP contribution < -0.4 is 0 Å². The lowest BCUT2D eigenvalue weighted by atomic mass is 10.1. The van der Waals surface area contributed by atoms with E-state index < -0.39 is 0 Å². The van der Waals surface area contributed by atoms with Gasteiger partial charge in [-0.15, -0.1) is 0 Å². The Morgan fingerprint density at radius 3 is 2.28 bits per heavy atom. The molecule has 0 saturated carbocycles. The molecule has 8 nitrogen and oxygen atoms in total. The Morgan fingerprint density at radius 1 is 0.969 bits per heavy atom. The fourth-order valence-electron chi connectivity index (χ4n) is 4.01. The SMILES string of the molecule is CC(=O)c1c(C)nn(-c2cc(Cc3c(C)nn(-c4ccc(C#N)cc4)c3C)ncn2)c1C. The van der Waals surface area contributed by atoms with Crippen LogP contribution in [0.25, 0.3) is 11.5 Å². The number of aromatic nitrogens is 6. The molecule has 0 bridgehead atoms. The largest absolute Gasteiger partial charge is 0.294 e. The summed E-state index contributed by atoms with van der Waals surface area (Å²) in [5, 5.41) is 18.2. The number of carbonyl (C=O) groups excluding carboxylic acids is 1. The minimum Gasteiger partial charge on any atom is -0.294 e. The topological polar surface area (TPSA) is 102 Å². The zero-order valence-corrected chi connectivity index (χ0v) is 18.7. The van der Waals surface area contributed by atoms with Crippen molar-refractivity contribution in [2.45, 2.75) is 41.0 Å². The predicted octanol–water partition coefficient (Wildman–Crippen LogP) is 3.75. The van der Waals surface area contributed by atoms with E-state index in [0.717, 1.165) is 34.0 Å². The number of rotatable bonds is 5. The number of nitriles is 1. The van der Waals surface area contributed by atoms with E-state index in [2.05, 4.69) is 21.1 Å². The van der Waals surface area contributed by atoms with E-state index in [1.165, 1.54) is 6.33 Å². The Balaban J connectivity index is 1.68. The van der Waals surface area contributed by atoms with Crippen LogP contribution in [0.15, 0.2) is 36.7 Å². The third kappa shape index (κ3) is 3.69. The smallest absolute Gasteiger partial charge is 0.163 e. The summed E-state index contributed by atoms with van der Waals surface area (Å²) in [6, 6.07) is 11.4. The number of aryl methyl sites for hydroxylation is 2. The highest BCUT2D eigenvalue weighted by Crippen LogP contribution is 2.22. The van der Waals surface area contributed by atoms with E-state index in [-0.39, 0.29) is 5.78 Å². The molecule has 0 N–H and O–H groups in total. The van der Waals surface area contributed by atoms with Gasteiger partial charge in [0.15, 0.2) is 11.6 Å². The van der Waals surface area contributed by atoms with Crippen molar-refractivity contribution in [1.29, 1.82) is 5.26 Å². The Hall–Kier alpha value is -4.12. The van der Waals surface area contributed by atoms with Crippen molar-refractivity contribution >= 4 is 5.78 Å². The van der Waals surface area contributed by atoms with Gasteiger partial charge in [-0.25, -0.2) is 19.3 Å². The monoisotopic (exact) mass is 425 g/mol. The van der Waals surface area contributed by atoms with Crippen molar-refractivity contribution in [2.75, 3.05) is 0 Å². The maximum Gasteiger partial charge on any atom is 0.163 e. The Kier molecular flexibility index (Phi) is 5.41. The molecule has 0 aliphatic rings. The molecule has 0 radical (unpaired) electrons. The van der Waals surface area contributed by atoms with Crippen molar-refractivity contribution in [3.05, 3.63) is 81.8 Å². The van der Waals surface area contributed by atoms with Gasteiger partial charge in [-0.1, -0.05) is 0 Å². The number of carbonyl (C=O) groups is 1. The highest BCUT2D eigenvalue weighted by atomic mass is 16.1. The third-order valence-corrected chi connectivity index (χ3v) is 5.61. The third-order valence-electron chi connectivity index (χ3n) is 5.61. The Bertz CT molecular complexity index is 1370. The number of benzene rings is 1. The molecule has 3 heterocycles. The van der Waals surface area contributed by atoms with Gasteiger partial charge < -0.3 is 0 Å². The van der Waals surface area contributed by atoms with Crippen LogP contribution in [-0.4, -0.2) is 35.3 Å². The summed E-state index contributed by atoms with van der Waals surface area (Å²) < 4.78 is 3.57. The molecule has 0 aliphatic heterocycles. The van der Waals surface area contributed by atoms with Gasteiger partial charge >= 0.3 is 0 Å². The lowest BCUT2D eigenvalue weighted by Gasteiger charge is -2.07. The van der Waals surface area contributed by atoms with Crippen LogP contribution in [0.4, 0.5) is 0 Å². The standard InChI is InChI=1S/C24H23N7O/c1-14-22(16(3)30(28-14)21-8-6-19(12-25)7-9-21)10-20-11-23(27-13-26-20)31-17(4)24(18(5)32)15(2)29-31/h6-9,11,13H,10H2,1-5H3. The number of hydrogen-bond donors (Lipinski definition) is 0. The molecule has 0 fully saturated rings. The summed E-state index contributed by atoms with van der Waals surface area (Å²) in [5.74, 6) is 0.611. The van der Waals surface area contributed by atoms with Gasteiger partial charge in [-0.3, -0.25) is 4.79 Å². The van der Waals surface area contributed by atoms with E-state index in [0.29, 0.717) is 29.1 Å². The molecule has 32 heavy (non-hydrogen) atoms. The van der Waals surface area contributed by atoms with Gasteiger partial charge in [-0.05, 0) is 58.9 Å². The molecule has 8 heteroatoms. The molecule has 0 saturated heterocycles. The van der Waals surface area contributed by atoms with Crippen molar-refractivity contribution in [1.82, 2.24) is 29.5 Å². The normalized spacial score (nSPS) is 10.9. The van der Waals surface area contributed by atoms with E-state index in [9.17, 15) is 4.79 Å². The fourth-order valence-corrected chi connectivity index (χ4v) is 4.01. The van der Waals surface area contributed by atoms with Crippen molar-refractivity contribution < 1.29 is 4.79 Å². The molecule has 0 atom stereocenters. The molecule has 0 amide bonds. The second-order valence-electron chi connectivity index (χ2n) is 7.78. The lowest BCUT2D eigenvalue weighted by molar-refractivity contribution is 0.101. The van der Waals surface area contributed by atoms with Gasteiger partial charge in [0.05, 0.1) is 45.7 Å². The van der Waals surface area contributed by atoms with E-state index in [1.54, 1.807) is 23.7 Å². The predicted molar refractivity (Wildman–Crippen MR) is 119 cm³/mol. The molecular formula is C24H23N7O. The first-order valence-electron chi connectivity index (χ1n) is 10.2. The average Bonchev–Trinajstić information content (AvgIpc) is 3.23. The molecule has 0 aliphatic carbocycles. The van der Waals surface area contributed by atoms with Crippen LogP contribution in [0.2, 0.25) is 0 Å². The van der Waals surface area contributed by atoms with Crippen LogP contribution in [0.3, 0.4) is 0 Å². The van der Waals surface area contributed by atoms with Crippen LogP contribution >= 0.6 is 0 Å². The fraction of sp³-hybridized carbons (Fsp3) is 0.250. The average molecular weight is 425 g/mol. The van der Waals surface area contributed by atoms with Crippen LogP contribution in [0.1, 0.15) is 56.9 Å². The minimum atomic E-state index is -0.0120. The van der Waals surface area contributed by atoms with Crippen LogP contribution in [0.5, 0.6) is 0 Å². The second kappa shape index (κ2) is 8.19. The second-order valence-corrected chi connectivity index (χ2v) is 7.78. The number of hydrogen-bond acceptors (Lipinski definition) is 6. The zero-order valence-electron chi connectivity index (χ0n) is 18.7. The maximum atomic E-state index is 12.0. The highest BCUT2D eigenvalue weighted by Gasteiger charge is 2.18. The van der Waals surface area contributed by atoms with Gasteiger partial charge in [0.1, 0.15) is 6.33 Å². The van der Waals surface area contributed by atoms with Crippen LogP contribution in [-0.2, 0) is 6.42 Å². The Morgan fingerprint density at radius 2 is 1.66 bits per heavy atom. The van der Waals surface area contributed by atoms with Crippen molar-refractivity contribution in [2.24, 2.45) is 0 Å². The highest BCUT2D eigenvalue weighted by molar-refractivity contribution is 5.96. The summed E-state index contributed by atoms with van der Waals surface area (Å²) in [5.41, 5.74) is 7.43. The van der Waals surface area contributed by atoms with Gasteiger partial charge in [0, 0.05) is 23.7 Å². The molecule has 0 unspecified atom stereocenters. The zero-order chi connectivity index (χ0) is 23.0. The molecule has 160 valence electrons. The summed E-state index contributed by atoms with van der Waals surface area (Å²) in [6.07, 6.45) is 2.10. The molecule has 3 aromatic heterocycles. The van der Waals surface area contributed by atoms with E-state index >= 15 is 0 Å². The van der Waals surface area contributed by atoms with Gasteiger partial charge in [-0.2, -0.15) is 15.5 Å². The van der Waals surface area contributed by atoms with Crippen LogP contribution in [0, 0.1) is 39.0 Å². The first-order valence-corrected chi connectivity index (χ1v) is 10.2. The van der Waals surface area contributed by atoms with Crippen molar-refractivity contribution in [3.63, 3.8) is 0 Å². The molecule has 4 rings (SSSR count). The quantitative estimate of drug-likeness (QED) is 0.451. The minimum absolute atomic E-state index is 0.0120. The molecule has 1 aromatic carbocycles. The number of Topliss-reactive ketones (excluding diaryl/α,β-unsaturated/α-hetero) is 1. The van der Waals surface area contributed by atoms with E-state index in [4.69, 9.17) is 10.4 Å². The summed E-state index contributed by atoms with van der Waals surface area (Å²) in [7, 11) is 0. The first kappa shape index (κ1) is 21.1. The number of nitrogens with zero attached hydrogens (tertiary/aromatic N) is 7. The lowest BCUT2D eigenvalue weighted by Crippen LogP contribution is -2.06. The number of ketones is 1. The summed E-state index contributed by atoms with van der Waals surface area (Å²) in [4.78, 5) is 20.8. The first-order chi connectivity index (χ1) is 15.3.